The summed E-state index contributed by atoms with van der Waals surface area (Å²) in [4.78, 5) is 13.2. The molecule has 2 aliphatic carbocycles. The first-order valence-electron chi connectivity index (χ1n) is 11.4. The Morgan fingerprint density at radius 2 is 2.21 bits per heavy atom. The van der Waals surface area contributed by atoms with E-state index in [1.807, 2.05) is 0 Å². The van der Waals surface area contributed by atoms with Crippen LogP contribution in [0, 0.1) is 5.41 Å². The van der Waals surface area contributed by atoms with Crippen molar-refractivity contribution in [1.29, 1.82) is 0 Å². The number of aryl methyl sites for hydroxylation is 2. The van der Waals surface area contributed by atoms with Crippen LogP contribution in [-0.2, 0) is 40.5 Å². The van der Waals surface area contributed by atoms with Gasteiger partial charge in [-0.2, -0.15) is 5.10 Å². The van der Waals surface area contributed by atoms with Crippen LogP contribution in [0.15, 0.2) is 21.5 Å². The van der Waals surface area contributed by atoms with E-state index in [1.165, 1.54) is 17.3 Å². The van der Waals surface area contributed by atoms with Gasteiger partial charge in [-0.25, -0.2) is 18.8 Å². The van der Waals surface area contributed by atoms with Gasteiger partial charge in [0.15, 0.2) is 9.92 Å². The third kappa shape index (κ3) is 4.04. The number of nitrogens with zero attached hydrogens (tertiary/aromatic N) is 3. The highest BCUT2D eigenvalue weighted by molar-refractivity contribution is 7.91. The molecule has 0 saturated carbocycles. The molecule has 33 heavy (non-hydrogen) atoms. The van der Waals surface area contributed by atoms with E-state index in [0.717, 1.165) is 48.9 Å². The lowest BCUT2D eigenvalue weighted by atomic mass is 9.94. The van der Waals surface area contributed by atoms with Gasteiger partial charge in [0.2, 0.25) is 5.88 Å². The fourth-order valence-corrected chi connectivity index (χ4v) is 6.32. The Balaban J connectivity index is 1.48. The highest BCUT2D eigenvalue weighted by Gasteiger charge is 2.33. The number of benzene rings is 1. The highest BCUT2D eigenvalue weighted by atomic mass is 32.2. The Labute approximate surface area is 194 Å². The third-order valence-electron chi connectivity index (χ3n) is 6.77. The molecule has 2 aromatic rings. The van der Waals surface area contributed by atoms with Gasteiger partial charge in [0.25, 0.3) is 0 Å². The molecule has 0 unspecified atom stereocenters. The second-order valence-electron chi connectivity index (χ2n) is 10.0. The average molecular weight is 474 g/mol. The molecule has 0 bridgehead atoms. The van der Waals surface area contributed by atoms with Gasteiger partial charge < -0.3 is 14.8 Å². The molecule has 2 heterocycles. The Morgan fingerprint density at radius 3 is 3.00 bits per heavy atom. The maximum absolute atomic E-state index is 13.3. The summed E-state index contributed by atoms with van der Waals surface area (Å²) in [6.45, 7) is 5.75. The van der Waals surface area contributed by atoms with Crippen LogP contribution in [0.2, 0.25) is 0 Å². The van der Waals surface area contributed by atoms with Crippen LogP contribution in [-0.4, -0.2) is 40.3 Å². The molecule has 0 spiro atoms. The zero-order valence-corrected chi connectivity index (χ0v) is 20.2. The molecule has 178 valence electrons. The number of nitrogens with two attached hydrogens (primary N) is 1. The number of ether oxygens (including phenoxy) is 2. The van der Waals surface area contributed by atoms with Gasteiger partial charge in [-0.15, -0.1) is 4.36 Å². The lowest BCUT2D eigenvalue weighted by molar-refractivity contribution is 0.0972. The number of urea groups is 1. The summed E-state index contributed by atoms with van der Waals surface area (Å²) in [5, 5.41) is 13.3. The normalized spacial score (nSPS) is 22.0. The summed E-state index contributed by atoms with van der Waals surface area (Å²) in [6.07, 6.45) is 6.29. The van der Waals surface area contributed by atoms with E-state index in [0.29, 0.717) is 25.6 Å². The summed E-state index contributed by atoms with van der Waals surface area (Å²) in [7, 11) is -1.84. The van der Waals surface area contributed by atoms with Crippen LogP contribution >= 0.6 is 0 Å². The van der Waals surface area contributed by atoms with Gasteiger partial charge in [-0.05, 0) is 54.4 Å². The van der Waals surface area contributed by atoms with Crippen LogP contribution in [0.1, 0.15) is 54.9 Å². The van der Waals surface area contributed by atoms with Gasteiger partial charge >= 0.3 is 6.03 Å². The van der Waals surface area contributed by atoms with Gasteiger partial charge in [0, 0.05) is 24.1 Å². The van der Waals surface area contributed by atoms with E-state index in [9.17, 15) is 9.00 Å². The molecule has 0 saturated heterocycles. The first-order chi connectivity index (χ1) is 15.7. The molecule has 1 aromatic heterocycles. The zero-order chi connectivity index (χ0) is 23.4. The van der Waals surface area contributed by atoms with Crippen LogP contribution in [0.4, 0.5) is 10.5 Å². The summed E-state index contributed by atoms with van der Waals surface area (Å²) in [5.74, 6) is 0.535. The Bertz CT molecular complexity index is 1240. The minimum Gasteiger partial charge on any atom is -0.476 e. The Hall–Kier alpha value is -2.43. The summed E-state index contributed by atoms with van der Waals surface area (Å²) < 4.78 is 30.1. The largest absolute Gasteiger partial charge is 0.476 e. The number of amides is 2. The topological polar surface area (TPSA) is 121 Å². The average Bonchev–Trinajstić information content (AvgIpc) is 3.45. The second-order valence-corrected chi connectivity index (χ2v) is 11.8. The van der Waals surface area contributed by atoms with Crippen molar-refractivity contribution in [3.05, 3.63) is 34.5 Å². The van der Waals surface area contributed by atoms with Crippen LogP contribution in [0.5, 0.6) is 5.88 Å². The van der Waals surface area contributed by atoms with Crippen molar-refractivity contribution in [2.45, 2.75) is 63.3 Å². The lowest BCUT2D eigenvalue weighted by Crippen LogP contribution is -2.33. The number of anilines is 1. The SMILES string of the molecule is COC[C@@H]1CCc2cc3c(c(NC(=O)N=[S@@](N)(=O)c4cnn5c4OCC(C)(C)C5)c21)CCC3. The fraction of sp³-hybridized carbons (Fsp3) is 0.565. The summed E-state index contributed by atoms with van der Waals surface area (Å²) in [5.41, 5.74) is 5.50. The van der Waals surface area contributed by atoms with E-state index < -0.39 is 15.9 Å². The van der Waals surface area contributed by atoms with Crippen LogP contribution < -0.4 is 15.2 Å². The number of nitrogens with one attached hydrogen (secondary N) is 1. The van der Waals surface area contributed by atoms with E-state index >= 15 is 0 Å². The number of methoxy groups -OCH3 is 1. The predicted octanol–water partition coefficient (Wildman–Crippen LogP) is 3.40. The number of carbonyl (C=O) groups is 1. The van der Waals surface area contributed by atoms with Crippen molar-refractivity contribution in [3.63, 3.8) is 0 Å². The standard InChI is InChI=1S/C23H31N5O4S/c1-23(2)12-28-21(32-13-23)18(10-25-28)33(24,30)27-22(29)26-20-17-6-4-5-14(17)9-15-7-8-16(11-31-3)19(15)20/h9-10,16H,4-8,11-13H2,1-3H3,(H3,24,26,27,29,30)/t16-,33+/m0/s1. The van der Waals surface area contributed by atoms with Crippen molar-refractivity contribution in [2.24, 2.45) is 14.9 Å². The van der Waals surface area contributed by atoms with Gasteiger partial charge in [0.1, 0.15) is 4.90 Å². The summed E-state index contributed by atoms with van der Waals surface area (Å²) >= 11 is 0. The van der Waals surface area contributed by atoms with Gasteiger partial charge in [0.05, 0.1) is 26.0 Å². The van der Waals surface area contributed by atoms with Crippen molar-refractivity contribution in [1.82, 2.24) is 9.78 Å². The smallest absolute Gasteiger partial charge is 0.354 e. The molecular formula is C23H31N5O4S. The van der Waals surface area contributed by atoms with Crippen molar-refractivity contribution < 1.29 is 18.5 Å². The van der Waals surface area contributed by atoms with Crippen molar-refractivity contribution in [2.75, 3.05) is 25.6 Å². The van der Waals surface area contributed by atoms with Gasteiger partial charge in [-0.1, -0.05) is 19.9 Å². The van der Waals surface area contributed by atoms with E-state index in [1.54, 1.807) is 11.8 Å². The van der Waals surface area contributed by atoms with E-state index in [4.69, 9.17) is 14.6 Å². The lowest BCUT2D eigenvalue weighted by Gasteiger charge is -2.30. The molecule has 0 fully saturated rings. The quantitative estimate of drug-likeness (QED) is 0.705. The zero-order valence-electron chi connectivity index (χ0n) is 19.3. The summed E-state index contributed by atoms with van der Waals surface area (Å²) in [6, 6.07) is 1.56. The van der Waals surface area contributed by atoms with Crippen LogP contribution in [0.3, 0.4) is 0 Å². The molecular weight excluding hydrogens is 442 g/mol. The minimum atomic E-state index is -3.54. The Kier molecular flexibility index (Phi) is 5.49. The molecule has 10 heteroatoms. The molecule has 5 rings (SSSR count). The first-order valence-corrected chi connectivity index (χ1v) is 13.0. The number of fused-ring (bicyclic) bond motifs is 3. The molecule has 1 aromatic carbocycles. The molecule has 3 N–H and O–H groups in total. The Morgan fingerprint density at radius 1 is 1.39 bits per heavy atom. The van der Waals surface area contributed by atoms with E-state index in [-0.39, 0.29) is 16.2 Å². The maximum Gasteiger partial charge on any atom is 0.354 e. The molecule has 3 aliphatic rings. The molecule has 9 nitrogen and oxygen atoms in total. The predicted molar refractivity (Wildman–Crippen MR) is 125 cm³/mol. The van der Waals surface area contributed by atoms with Gasteiger partial charge in [-0.3, -0.25) is 0 Å². The number of rotatable bonds is 4. The minimum absolute atomic E-state index is 0.104. The molecule has 0 radical (unpaired) electrons. The fourth-order valence-electron chi connectivity index (χ4n) is 5.31. The molecule has 1 aliphatic heterocycles. The van der Waals surface area contributed by atoms with Crippen molar-refractivity contribution in [3.8, 4) is 5.88 Å². The number of carbonyl (C=O) groups excluding carboxylic acids is 1. The monoisotopic (exact) mass is 473 g/mol. The van der Waals surface area contributed by atoms with Crippen LogP contribution in [0.25, 0.3) is 0 Å². The van der Waals surface area contributed by atoms with Crippen molar-refractivity contribution >= 4 is 21.6 Å². The molecule has 2 amide bonds. The number of aromatic nitrogens is 2. The highest BCUT2D eigenvalue weighted by Crippen LogP contribution is 2.44. The third-order valence-corrected chi connectivity index (χ3v) is 8.11. The van der Waals surface area contributed by atoms with E-state index in [2.05, 4.69) is 34.7 Å². The number of hydrogen-bond donors (Lipinski definition) is 2. The molecule has 2 atom stereocenters. The number of hydrogen-bond acceptors (Lipinski definition) is 5. The second kappa shape index (κ2) is 8.11. The first kappa shape index (κ1) is 22.4. The maximum atomic E-state index is 13.3.